The van der Waals surface area contributed by atoms with Crippen LogP contribution in [0, 0.1) is 10.1 Å². The Kier molecular flexibility index (Phi) is 6.74. The van der Waals surface area contributed by atoms with E-state index in [0.717, 1.165) is 6.07 Å². The number of nitrogens with two attached hydrogens (primary N) is 1. The van der Waals surface area contributed by atoms with E-state index in [4.69, 9.17) is 9.88 Å². The van der Waals surface area contributed by atoms with E-state index in [-0.39, 0.29) is 22.7 Å². The lowest BCUT2D eigenvalue weighted by atomic mass is 10.2. The number of esters is 1. The van der Waals surface area contributed by atoms with Crippen LogP contribution < -0.4 is 15.4 Å². The highest BCUT2D eigenvalue weighted by molar-refractivity contribution is 7.89. The average molecular weight is 476 g/mol. The third-order valence-electron chi connectivity index (χ3n) is 4.93. The molecule has 2 amide bonds. The number of hydrogen-bond acceptors (Lipinski definition) is 8. The van der Waals surface area contributed by atoms with E-state index < -0.39 is 45.4 Å². The van der Waals surface area contributed by atoms with Crippen LogP contribution in [0.2, 0.25) is 0 Å². The summed E-state index contributed by atoms with van der Waals surface area (Å²) in [5, 5.41) is 18.3. The van der Waals surface area contributed by atoms with Gasteiger partial charge in [0, 0.05) is 29.9 Å². The Morgan fingerprint density at radius 2 is 1.97 bits per heavy atom. The molecule has 1 heterocycles. The van der Waals surface area contributed by atoms with Gasteiger partial charge in [0.25, 0.3) is 17.5 Å². The van der Waals surface area contributed by atoms with Crippen molar-refractivity contribution < 1.29 is 32.5 Å². The van der Waals surface area contributed by atoms with Crippen LogP contribution in [0.25, 0.3) is 0 Å². The van der Waals surface area contributed by atoms with Gasteiger partial charge in [-0.25, -0.2) is 18.4 Å². The summed E-state index contributed by atoms with van der Waals surface area (Å²) >= 11 is 0. The molecular formula is C20H20N4O8S. The predicted octanol–water partition coefficient (Wildman–Crippen LogP) is 0.493. The van der Waals surface area contributed by atoms with Gasteiger partial charge in [0.1, 0.15) is 6.04 Å². The molecule has 0 bridgehead atoms. The van der Waals surface area contributed by atoms with E-state index in [0.29, 0.717) is 17.7 Å². The van der Waals surface area contributed by atoms with Crippen LogP contribution in [0.3, 0.4) is 0 Å². The summed E-state index contributed by atoms with van der Waals surface area (Å²) in [7, 11) is -3.87. The summed E-state index contributed by atoms with van der Waals surface area (Å²) in [6.07, 6.45) is 0.411. The molecule has 33 heavy (non-hydrogen) atoms. The summed E-state index contributed by atoms with van der Waals surface area (Å²) in [4.78, 5) is 48.5. The minimum absolute atomic E-state index is 0.00698. The van der Waals surface area contributed by atoms with Crippen molar-refractivity contribution in [1.29, 1.82) is 0 Å². The van der Waals surface area contributed by atoms with Crippen LogP contribution in [0.5, 0.6) is 0 Å². The molecule has 3 N–H and O–H groups in total. The molecule has 12 nitrogen and oxygen atoms in total. The number of rotatable bonds is 7. The van der Waals surface area contributed by atoms with Crippen LogP contribution in [0.1, 0.15) is 22.8 Å². The number of sulfonamides is 1. The van der Waals surface area contributed by atoms with Gasteiger partial charge in [-0.2, -0.15) is 0 Å². The number of primary sulfonamides is 1. The molecule has 0 spiro atoms. The van der Waals surface area contributed by atoms with E-state index in [1.54, 1.807) is 0 Å². The maximum Gasteiger partial charge on any atom is 0.328 e. The molecule has 1 aliphatic rings. The molecule has 3 rings (SSSR count). The average Bonchev–Trinajstić information content (AvgIpc) is 3.20. The van der Waals surface area contributed by atoms with Gasteiger partial charge in [-0.3, -0.25) is 19.7 Å². The van der Waals surface area contributed by atoms with Crippen LogP contribution in [-0.4, -0.2) is 50.3 Å². The van der Waals surface area contributed by atoms with Gasteiger partial charge in [0.2, 0.25) is 10.0 Å². The molecule has 0 saturated heterocycles. The molecule has 2 aromatic carbocycles. The molecule has 1 atom stereocenters. The summed E-state index contributed by atoms with van der Waals surface area (Å²) in [6.45, 7) is 1.03. The molecule has 2 aromatic rings. The fourth-order valence-electron chi connectivity index (χ4n) is 3.25. The number of nitro groups is 1. The first kappa shape index (κ1) is 23.8. The van der Waals surface area contributed by atoms with Crippen LogP contribution >= 0.6 is 0 Å². The van der Waals surface area contributed by atoms with Gasteiger partial charge in [0.15, 0.2) is 6.61 Å². The number of hydrogen-bond donors (Lipinski definition) is 2. The summed E-state index contributed by atoms with van der Waals surface area (Å²) < 4.78 is 28.0. The highest BCUT2D eigenvalue weighted by Crippen LogP contribution is 2.30. The lowest BCUT2D eigenvalue weighted by Gasteiger charge is -2.18. The number of carbonyl (C=O) groups is 3. The van der Waals surface area contributed by atoms with E-state index in [9.17, 15) is 32.9 Å². The van der Waals surface area contributed by atoms with Crippen molar-refractivity contribution in [2.75, 3.05) is 18.1 Å². The molecule has 1 aliphatic heterocycles. The zero-order valence-electron chi connectivity index (χ0n) is 17.4. The molecule has 0 saturated carbocycles. The first-order valence-electron chi connectivity index (χ1n) is 9.65. The van der Waals surface area contributed by atoms with E-state index in [1.165, 1.54) is 48.2 Å². The Labute approximate surface area is 188 Å². The Bertz CT molecular complexity index is 1240. The van der Waals surface area contributed by atoms with Crippen molar-refractivity contribution in [2.45, 2.75) is 24.3 Å². The topological polar surface area (TPSA) is 179 Å². The zero-order chi connectivity index (χ0) is 24.3. The number of non-ortho nitro benzene ring substituents is 1. The fraction of sp³-hybridized carbons (Fsp3) is 0.250. The van der Waals surface area contributed by atoms with Gasteiger partial charge in [0.05, 0.1) is 9.82 Å². The number of anilines is 1. The Hall–Kier alpha value is -3.84. The molecule has 0 unspecified atom stereocenters. The fourth-order valence-corrected chi connectivity index (χ4v) is 3.81. The van der Waals surface area contributed by atoms with Gasteiger partial charge in [-0.15, -0.1) is 0 Å². The second-order valence-corrected chi connectivity index (χ2v) is 8.80. The third-order valence-corrected chi connectivity index (χ3v) is 5.85. The Morgan fingerprint density at radius 3 is 2.64 bits per heavy atom. The number of benzene rings is 2. The molecule has 174 valence electrons. The lowest BCUT2D eigenvalue weighted by Crippen LogP contribution is -2.41. The monoisotopic (exact) mass is 476 g/mol. The van der Waals surface area contributed by atoms with Crippen LogP contribution in [0.15, 0.2) is 47.4 Å². The maximum absolute atomic E-state index is 12.5. The van der Waals surface area contributed by atoms with E-state index in [2.05, 4.69) is 5.32 Å². The second-order valence-electron chi connectivity index (χ2n) is 7.24. The standard InChI is InChI=1S/C20H20N4O8S/c1-12(22-19(26)14-3-2-4-15(9-14)24(28)29)20(27)32-11-18(25)23-8-7-13-10-16(33(21,30)31)5-6-17(13)23/h2-6,9-10,12H,7-8,11H2,1H3,(H,22,26)(H2,21,30,31)/t12-/m0/s1. The molecule has 0 radical (unpaired) electrons. The van der Waals surface area contributed by atoms with Crippen LogP contribution in [-0.2, 0) is 30.8 Å². The highest BCUT2D eigenvalue weighted by Gasteiger charge is 2.27. The van der Waals surface area contributed by atoms with Gasteiger partial charge >= 0.3 is 5.97 Å². The number of nitrogens with one attached hydrogen (secondary N) is 1. The summed E-state index contributed by atoms with van der Waals surface area (Å²) in [6, 6.07) is 8.03. The minimum atomic E-state index is -3.87. The number of nitro benzene ring substituents is 1. The van der Waals surface area contributed by atoms with Crippen molar-refractivity contribution >= 4 is 39.2 Å². The first-order valence-corrected chi connectivity index (χ1v) is 11.2. The normalized spacial score (nSPS) is 13.7. The van der Waals surface area contributed by atoms with Gasteiger partial charge in [-0.1, -0.05) is 6.07 Å². The number of nitrogens with zero attached hydrogens (tertiary/aromatic N) is 2. The van der Waals surface area contributed by atoms with Crippen molar-refractivity contribution in [3.8, 4) is 0 Å². The summed E-state index contributed by atoms with van der Waals surface area (Å²) in [5.74, 6) is -2.11. The number of fused-ring (bicyclic) bond motifs is 1. The molecule has 0 fully saturated rings. The van der Waals surface area contributed by atoms with E-state index in [1.807, 2.05) is 0 Å². The Morgan fingerprint density at radius 1 is 1.24 bits per heavy atom. The lowest BCUT2D eigenvalue weighted by molar-refractivity contribution is -0.384. The second kappa shape index (κ2) is 9.34. The van der Waals surface area contributed by atoms with Crippen LogP contribution in [0.4, 0.5) is 11.4 Å². The zero-order valence-corrected chi connectivity index (χ0v) is 18.2. The summed E-state index contributed by atoms with van der Waals surface area (Å²) in [5.41, 5.74) is 0.840. The Balaban J connectivity index is 1.57. The molecule has 0 aliphatic carbocycles. The number of ether oxygens (including phenoxy) is 1. The molecule has 0 aromatic heterocycles. The smallest absolute Gasteiger partial charge is 0.328 e. The highest BCUT2D eigenvalue weighted by atomic mass is 32.2. The van der Waals surface area contributed by atoms with Gasteiger partial charge < -0.3 is 15.0 Å². The molecular weight excluding hydrogens is 456 g/mol. The van der Waals surface area contributed by atoms with Gasteiger partial charge in [-0.05, 0) is 43.2 Å². The largest absolute Gasteiger partial charge is 0.454 e. The predicted molar refractivity (Wildman–Crippen MR) is 115 cm³/mol. The minimum Gasteiger partial charge on any atom is -0.454 e. The number of amides is 2. The first-order chi connectivity index (χ1) is 15.5. The SMILES string of the molecule is C[C@H](NC(=O)c1cccc([N+](=O)[O-])c1)C(=O)OCC(=O)N1CCc2cc(S(N)(=O)=O)ccc21. The van der Waals surface area contributed by atoms with Crippen molar-refractivity contribution in [3.05, 3.63) is 63.7 Å². The number of carbonyl (C=O) groups excluding carboxylic acids is 3. The van der Waals surface area contributed by atoms with Crippen molar-refractivity contribution in [2.24, 2.45) is 5.14 Å². The van der Waals surface area contributed by atoms with Crippen molar-refractivity contribution in [1.82, 2.24) is 5.32 Å². The van der Waals surface area contributed by atoms with E-state index >= 15 is 0 Å². The quantitative estimate of drug-likeness (QED) is 0.329. The third kappa shape index (κ3) is 5.51. The van der Waals surface area contributed by atoms with Crippen molar-refractivity contribution in [3.63, 3.8) is 0 Å². The maximum atomic E-state index is 12.5. The molecule has 13 heteroatoms.